The predicted octanol–water partition coefficient (Wildman–Crippen LogP) is 3.09. The van der Waals surface area contributed by atoms with Crippen molar-refractivity contribution in [3.05, 3.63) is 83.3 Å². The first-order valence-corrected chi connectivity index (χ1v) is 11.1. The van der Waals surface area contributed by atoms with Crippen molar-refractivity contribution in [2.75, 3.05) is 31.5 Å². The Morgan fingerprint density at radius 3 is 2.42 bits per heavy atom. The average Bonchev–Trinajstić information content (AvgIpc) is 3.20. The Bertz CT molecular complexity index is 1110. The van der Waals surface area contributed by atoms with E-state index in [-0.39, 0.29) is 17.6 Å². The molecule has 2 amide bonds. The second-order valence-electron chi connectivity index (χ2n) is 8.23. The van der Waals surface area contributed by atoms with E-state index < -0.39 is 0 Å². The highest BCUT2D eigenvalue weighted by Crippen LogP contribution is 2.16. The number of nitrogens with one attached hydrogen (secondary N) is 1. The van der Waals surface area contributed by atoms with E-state index in [2.05, 4.69) is 15.3 Å². The molecule has 0 saturated carbocycles. The highest BCUT2D eigenvalue weighted by Gasteiger charge is 2.25. The molecule has 2 heterocycles. The smallest absolute Gasteiger partial charge is 0.274 e. The summed E-state index contributed by atoms with van der Waals surface area (Å²) in [5.74, 6) is 0.000902. The molecule has 1 fully saturated rings. The average molecular weight is 450 g/mol. The van der Waals surface area contributed by atoms with Gasteiger partial charge < -0.3 is 10.2 Å². The maximum atomic E-state index is 13.9. The lowest BCUT2D eigenvalue weighted by Crippen LogP contribution is -2.48. The topological polar surface area (TPSA) is 70.5 Å². The van der Waals surface area contributed by atoms with E-state index in [4.69, 9.17) is 0 Å². The number of amides is 2. The van der Waals surface area contributed by atoms with Crippen LogP contribution in [0, 0.1) is 5.82 Å². The Labute approximate surface area is 192 Å². The SMILES string of the molecule is Cn1nc(C(=O)N2CCN(Cc3ccccc3F)CC2)cc1NC(=O)CCc1ccccc1. The van der Waals surface area contributed by atoms with Gasteiger partial charge in [-0.15, -0.1) is 0 Å². The first-order valence-electron chi connectivity index (χ1n) is 11.1. The van der Waals surface area contributed by atoms with Crippen LogP contribution in [-0.4, -0.2) is 57.6 Å². The summed E-state index contributed by atoms with van der Waals surface area (Å²) in [6, 6.07) is 18.2. The molecule has 1 aliphatic rings. The van der Waals surface area contributed by atoms with Gasteiger partial charge in [-0.3, -0.25) is 19.2 Å². The van der Waals surface area contributed by atoms with Gasteiger partial charge in [0.1, 0.15) is 11.6 Å². The first kappa shape index (κ1) is 22.7. The van der Waals surface area contributed by atoms with Crippen molar-refractivity contribution in [2.45, 2.75) is 19.4 Å². The fourth-order valence-electron chi connectivity index (χ4n) is 3.94. The lowest BCUT2D eigenvalue weighted by Gasteiger charge is -2.34. The molecule has 7 nitrogen and oxygen atoms in total. The first-order chi connectivity index (χ1) is 16.0. The van der Waals surface area contributed by atoms with Gasteiger partial charge in [-0.25, -0.2) is 4.39 Å². The zero-order valence-electron chi connectivity index (χ0n) is 18.7. The molecule has 0 radical (unpaired) electrons. The molecule has 172 valence electrons. The van der Waals surface area contributed by atoms with E-state index in [1.165, 1.54) is 10.7 Å². The minimum absolute atomic E-state index is 0.123. The Balaban J connectivity index is 1.29. The number of nitrogens with zero attached hydrogens (tertiary/aromatic N) is 4. The van der Waals surface area contributed by atoms with E-state index in [1.807, 2.05) is 36.4 Å². The van der Waals surface area contributed by atoms with Gasteiger partial charge in [0.25, 0.3) is 5.91 Å². The van der Waals surface area contributed by atoms with Crippen molar-refractivity contribution in [3.63, 3.8) is 0 Å². The van der Waals surface area contributed by atoms with Crippen LogP contribution in [0.15, 0.2) is 60.7 Å². The minimum atomic E-state index is -0.206. The fraction of sp³-hybridized carbons (Fsp3) is 0.320. The monoisotopic (exact) mass is 449 g/mol. The van der Waals surface area contributed by atoms with Gasteiger partial charge in [-0.2, -0.15) is 5.10 Å². The molecule has 33 heavy (non-hydrogen) atoms. The van der Waals surface area contributed by atoms with E-state index in [0.29, 0.717) is 62.6 Å². The second-order valence-corrected chi connectivity index (χ2v) is 8.23. The van der Waals surface area contributed by atoms with Gasteiger partial charge in [-0.1, -0.05) is 48.5 Å². The summed E-state index contributed by atoms with van der Waals surface area (Å²) in [5, 5.41) is 7.15. The highest BCUT2D eigenvalue weighted by atomic mass is 19.1. The standard InChI is InChI=1S/C25H28FN5O2/c1-29-23(27-24(32)12-11-19-7-3-2-4-8-19)17-22(28-29)25(33)31-15-13-30(14-16-31)18-20-9-5-6-10-21(20)26/h2-10,17H,11-16,18H2,1H3,(H,27,32). The van der Waals surface area contributed by atoms with Crippen LogP contribution in [-0.2, 0) is 24.8 Å². The van der Waals surface area contributed by atoms with Gasteiger partial charge >= 0.3 is 0 Å². The van der Waals surface area contributed by atoms with Crippen LogP contribution in [0.2, 0.25) is 0 Å². The molecule has 0 spiro atoms. The van der Waals surface area contributed by atoms with E-state index in [1.54, 1.807) is 30.1 Å². The molecule has 1 saturated heterocycles. The number of hydrogen-bond donors (Lipinski definition) is 1. The van der Waals surface area contributed by atoms with E-state index >= 15 is 0 Å². The number of rotatable bonds is 7. The molecular weight excluding hydrogens is 421 g/mol. The number of hydrogen-bond acceptors (Lipinski definition) is 4. The van der Waals surface area contributed by atoms with E-state index in [9.17, 15) is 14.0 Å². The van der Waals surface area contributed by atoms with Gasteiger partial charge in [0.05, 0.1) is 0 Å². The van der Waals surface area contributed by atoms with Gasteiger partial charge in [0, 0.05) is 57.8 Å². The van der Waals surface area contributed by atoms with Crippen molar-refractivity contribution < 1.29 is 14.0 Å². The molecule has 1 aliphatic heterocycles. The number of halogens is 1. The van der Waals surface area contributed by atoms with Crippen LogP contribution in [0.5, 0.6) is 0 Å². The van der Waals surface area contributed by atoms with Crippen molar-refractivity contribution >= 4 is 17.6 Å². The maximum absolute atomic E-state index is 13.9. The molecular formula is C25H28FN5O2. The number of carbonyl (C=O) groups is 2. The maximum Gasteiger partial charge on any atom is 0.274 e. The molecule has 0 aliphatic carbocycles. The van der Waals surface area contributed by atoms with Crippen molar-refractivity contribution in [1.82, 2.24) is 19.6 Å². The summed E-state index contributed by atoms with van der Waals surface area (Å²) >= 11 is 0. The predicted molar refractivity (Wildman–Crippen MR) is 124 cm³/mol. The summed E-state index contributed by atoms with van der Waals surface area (Å²) < 4.78 is 15.4. The molecule has 8 heteroatoms. The Kier molecular flexibility index (Phi) is 7.14. The minimum Gasteiger partial charge on any atom is -0.335 e. The molecule has 0 unspecified atom stereocenters. The van der Waals surface area contributed by atoms with E-state index in [0.717, 1.165) is 5.56 Å². The molecule has 1 aromatic heterocycles. The second kappa shape index (κ2) is 10.4. The molecule has 0 bridgehead atoms. The van der Waals surface area contributed by atoms with Crippen LogP contribution >= 0.6 is 0 Å². The molecule has 0 atom stereocenters. The summed E-state index contributed by atoms with van der Waals surface area (Å²) in [6.07, 6.45) is 0.996. The lowest BCUT2D eigenvalue weighted by atomic mass is 10.1. The number of anilines is 1. The zero-order chi connectivity index (χ0) is 23.2. The molecule has 4 rings (SSSR count). The van der Waals surface area contributed by atoms with Crippen LogP contribution in [0.25, 0.3) is 0 Å². The van der Waals surface area contributed by atoms with Gasteiger partial charge in [0.2, 0.25) is 5.91 Å². The van der Waals surface area contributed by atoms with Gasteiger partial charge in [0.15, 0.2) is 5.69 Å². The normalized spacial score (nSPS) is 14.3. The Hall–Kier alpha value is -3.52. The van der Waals surface area contributed by atoms with Crippen molar-refractivity contribution in [3.8, 4) is 0 Å². The Morgan fingerprint density at radius 1 is 1.00 bits per heavy atom. The van der Waals surface area contributed by atoms with Gasteiger partial charge in [-0.05, 0) is 18.1 Å². The number of aromatic nitrogens is 2. The summed E-state index contributed by atoms with van der Waals surface area (Å²) in [7, 11) is 1.70. The molecule has 3 aromatic rings. The summed E-state index contributed by atoms with van der Waals surface area (Å²) in [5.41, 5.74) is 2.07. The highest BCUT2D eigenvalue weighted by molar-refractivity contribution is 5.95. The van der Waals surface area contributed by atoms with Crippen LogP contribution in [0.1, 0.15) is 28.0 Å². The van der Waals surface area contributed by atoms with Crippen LogP contribution < -0.4 is 5.32 Å². The number of piperazine rings is 1. The third-order valence-electron chi connectivity index (χ3n) is 5.86. The lowest BCUT2D eigenvalue weighted by molar-refractivity contribution is -0.116. The fourth-order valence-corrected chi connectivity index (χ4v) is 3.94. The van der Waals surface area contributed by atoms with Crippen molar-refractivity contribution in [2.24, 2.45) is 7.05 Å². The Morgan fingerprint density at radius 2 is 1.70 bits per heavy atom. The largest absolute Gasteiger partial charge is 0.335 e. The molecule has 2 aromatic carbocycles. The third kappa shape index (κ3) is 5.84. The number of benzene rings is 2. The molecule has 1 N–H and O–H groups in total. The number of aryl methyl sites for hydroxylation is 2. The van der Waals surface area contributed by atoms with Crippen LogP contribution in [0.3, 0.4) is 0 Å². The summed E-state index contributed by atoms with van der Waals surface area (Å²) in [6.45, 7) is 2.94. The number of carbonyl (C=O) groups excluding carboxylic acids is 2. The van der Waals surface area contributed by atoms with Crippen LogP contribution in [0.4, 0.5) is 10.2 Å². The summed E-state index contributed by atoms with van der Waals surface area (Å²) in [4.78, 5) is 29.2. The zero-order valence-corrected chi connectivity index (χ0v) is 18.7. The third-order valence-corrected chi connectivity index (χ3v) is 5.86. The van der Waals surface area contributed by atoms with Crippen molar-refractivity contribution in [1.29, 1.82) is 0 Å². The quantitative estimate of drug-likeness (QED) is 0.602.